The first-order valence-corrected chi connectivity index (χ1v) is 7.16. The highest BCUT2D eigenvalue weighted by Gasteiger charge is 2.37. The van der Waals surface area contributed by atoms with Crippen LogP contribution in [-0.4, -0.2) is 38.3 Å². The van der Waals surface area contributed by atoms with Crippen molar-refractivity contribution in [3.8, 4) is 0 Å². The van der Waals surface area contributed by atoms with Gasteiger partial charge in [0.15, 0.2) is 0 Å². The van der Waals surface area contributed by atoms with Gasteiger partial charge in [-0.25, -0.2) is 9.97 Å². The zero-order chi connectivity index (χ0) is 15.0. The number of carbonyl (C=O) groups excluding carboxylic acids is 1. The van der Waals surface area contributed by atoms with Crippen molar-refractivity contribution in [1.29, 1.82) is 0 Å². The maximum atomic E-state index is 11.2. The van der Waals surface area contributed by atoms with Crippen LogP contribution in [0.2, 0.25) is 0 Å². The van der Waals surface area contributed by atoms with E-state index in [0.717, 1.165) is 23.1 Å². The third-order valence-corrected chi connectivity index (χ3v) is 4.26. The van der Waals surface area contributed by atoms with Gasteiger partial charge in [-0.1, -0.05) is 0 Å². The number of ether oxygens (including phenoxy) is 1. The maximum Gasteiger partial charge on any atom is 0.302 e. The minimum absolute atomic E-state index is 0.0146. The van der Waals surface area contributed by atoms with E-state index in [1.54, 1.807) is 6.33 Å². The first-order chi connectivity index (χ1) is 10.1. The molecule has 0 bridgehead atoms. The van der Waals surface area contributed by atoms with Crippen LogP contribution in [0.1, 0.15) is 31.5 Å². The number of hydrogen-bond acceptors (Lipinski definition) is 5. The topological polar surface area (TPSA) is 77.2 Å². The van der Waals surface area contributed by atoms with Crippen molar-refractivity contribution in [2.45, 2.75) is 38.8 Å². The van der Waals surface area contributed by atoms with Gasteiger partial charge >= 0.3 is 5.97 Å². The molecule has 1 N–H and O–H groups in total. The summed E-state index contributed by atoms with van der Waals surface area (Å²) in [4.78, 5) is 19.7. The highest BCUT2D eigenvalue weighted by atomic mass is 16.5. The highest BCUT2D eigenvalue weighted by molar-refractivity contribution is 5.78. The molecular weight excluding hydrogens is 270 g/mol. The monoisotopic (exact) mass is 289 g/mol. The van der Waals surface area contributed by atoms with Crippen molar-refractivity contribution in [2.75, 3.05) is 6.61 Å². The van der Waals surface area contributed by atoms with E-state index < -0.39 is 0 Å². The molecule has 2 heterocycles. The zero-order valence-corrected chi connectivity index (χ0v) is 12.2. The number of aliphatic hydroxyl groups excluding tert-OH is 1. The predicted octanol–water partition coefficient (Wildman–Crippen LogP) is 1.61. The van der Waals surface area contributed by atoms with E-state index in [4.69, 9.17) is 4.74 Å². The number of aromatic nitrogens is 3. The number of hydrogen-bond donors (Lipinski definition) is 1. The SMILES string of the molecule is CC(=O)O[C@H]1C[C@H](n2ccc3c(C)ncnc32)C[C@H]1CO. The summed E-state index contributed by atoms with van der Waals surface area (Å²) >= 11 is 0. The molecule has 2 aromatic rings. The van der Waals surface area contributed by atoms with Crippen LogP contribution < -0.4 is 0 Å². The largest absolute Gasteiger partial charge is 0.462 e. The van der Waals surface area contributed by atoms with Gasteiger partial charge in [-0.05, 0) is 19.4 Å². The summed E-state index contributed by atoms with van der Waals surface area (Å²) in [6, 6.07) is 2.19. The average Bonchev–Trinajstić information content (AvgIpc) is 3.02. The molecule has 3 rings (SSSR count). The molecule has 21 heavy (non-hydrogen) atoms. The van der Waals surface area contributed by atoms with Gasteiger partial charge in [0.1, 0.15) is 18.1 Å². The van der Waals surface area contributed by atoms with Crippen LogP contribution in [0.15, 0.2) is 18.6 Å². The normalized spacial score (nSPS) is 25.4. The molecule has 0 saturated heterocycles. The number of esters is 1. The summed E-state index contributed by atoms with van der Waals surface area (Å²) in [7, 11) is 0. The Hall–Kier alpha value is -1.95. The molecular formula is C15H19N3O3. The van der Waals surface area contributed by atoms with Crippen molar-refractivity contribution >= 4 is 17.0 Å². The average molecular weight is 289 g/mol. The Morgan fingerprint density at radius 1 is 1.48 bits per heavy atom. The molecule has 1 saturated carbocycles. The first kappa shape index (κ1) is 14.0. The van der Waals surface area contributed by atoms with Gasteiger partial charge < -0.3 is 14.4 Å². The summed E-state index contributed by atoms with van der Waals surface area (Å²) in [5, 5.41) is 10.5. The lowest BCUT2D eigenvalue weighted by atomic mass is 10.1. The minimum Gasteiger partial charge on any atom is -0.462 e. The molecule has 0 aliphatic heterocycles. The van der Waals surface area contributed by atoms with E-state index >= 15 is 0 Å². The van der Waals surface area contributed by atoms with E-state index in [0.29, 0.717) is 6.42 Å². The van der Waals surface area contributed by atoms with Crippen LogP contribution in [0, 0.1) is 12.8 Å². The fraction of sp³-hybridized carbons (Fsp3) is 0.533. The Kier molecular flexibility index (Phi) is 3.63. The van der Waals surface area contributed by atoms with Gasteiger partial charge in [0, 0.05) is 43.5 Å². The third kappa shape index (κ3) is 2.51. The molecule has 112 valence electrons. The quantitative estimate of drug-likeness (QED) is 0.869. The second-order valence-electron chi connectivity index (χ2n) is 5.64. The molecule has 0 spiro atoms. The number of aryl methyl sites for hydroxylation is 1. The highest BCUT2D eigenvalue weighted by Crippen LogP contribution is 2.38. The predicted molar refractivity (Wildman–Crippen MR) is 76.7 cm³/mol. The molecule has 1 aliphatic carbocycles. The lowest BCUT2D eigenvalue weighted by Crippen LogP contribution is -2.23. The van der Waals surface area contributed by atoms with E-state index in [2.05, 4.69) is 14.5 Å². The maximum absolute atomic E-state index is 11.2. The number of carbonyl (C=O) groups is 1. The standard InChI is InChI=1S/C15H19N3O3/c1-9-13-3-4-18(15(13)17-8-16-9)12-5-11(7-19)14(6-12)21-10(2)20/h3-4,8,11-12,14,19H,5-7H2,1-2H3/t11-,12+,14-/m0/s1. The molecule has 0 amide bonds. The van der Waals surface area contributed by atoms with Crippen LogP contribution in [0.3, 0.4) is 0 Å². The Balaban J connectivity index is 1.90. The number of rotatable bonds is 3. The molecule has 3 atom stereocenters. The second kappa shape index (κ2) is 5.44. The molecule has 0 unspecified atom stereocenters. The van der Waals surface area contributed by atoms with Gasteiger partial charge in [-0.3, -0.25) is 4.79 Å². The van der Waals surface area contributed by atoms with Crippen LogP contribution >= 0.6 is 0 Å². The van der Waals surface area contributed by atoms with Crippen molar-refractivity contribution in [2.24, 2.45) is 5.92 Å². The zero-order valence-electron chi connectivity index (χ0n) is 12.2. The molecule has 1 fully saturated rings. The van der Waals surface area contributed by atoms with E-state index in [-0.39, 0.29) is 30.6 Å². The van der Waals surface area contributed by atoms with Gasteiger partial charge in [-0.2, -0.15) is 0 Å². The molecule has 1 aliphatic rings. The van der Waals surface area contributed by atoms with Gasteiger partial charge in [0.05, 0.1) is 5.69 Å². The molecule has 0 aromatic carbocycles. The number of aliphatic hydroxyl groups is 1. The third-order valence-electron chi connectivity index (χ3n) is 4.26. The van der Waals surface area contributed by atoms with E-state index in [1.807, 2.05) is 19.2 Å². The van der Waals surface area contributed by atoms with Gasteiger partial charge in [0.25, 0.3) is 0 Å². The fourth-order valence-electron chi connectivity index (χ4n) is 3.23. The Bertz CT molecular complexity index is 667. The Labute approximate surface area is 122 Å². The van der Waals surface area contributed by atoms with Crippen LogP contribution in [0.5, 0.6) is 0 Å². The fourth-order valence-corrected chi connectivity index (χ4v) is 3.23. The van der Waals surface area contributed by atoms with Crippen LogP contribution in [-0.2, 0) is 9.53 Å². The smallest absolute Gasteiger partial charge is 0.302 e. The van der Waals surface area contributed by atoms with Crippen molar-refractivity contribution in [3.05, 3.63) is 24.3 Å². The summed E-state index contributed by atoms with van der Waals surface area (Å²) in [6.45, 7) is 3.40. The minimum atomic E-state index is -0.297. The Morgan fingerprint density at radius 3 is 3.00 bits per heavy atom. The van der Waals surface area contributed by atoms with Gasteiger partial charge in [-0.15, -0.1) is 0 Å². The molecule has 6 nitrogen and oxygen atoms in total. The van der Waals surface area contributed by atoms with E-state index in [9.17, 15) is 9.90 Å². The second-order valence-corrected chi connectivity index (χ2v) is 5.64. The summed E-state index contributed by atoms with van der Waals surface area (Å²) in [6.07, 6.45) is 4.83. The lowest BCUT2D eigenvalue weighted by Gasteiger charge is -2.16. The van der Waals surface area contributed by atoms with Crippen LogP contribution in [0.4, 0.5) is 0 Å². The van der Waals surface area contributed by atoms with Crippen molar-refractivity contribution < 1.29 is 14.6 Å². The molecule has 0 radical (unpaired) electrons. The summed E-state index contributed by atoms with van der Waals surface area (Å²) in [5.41, 5.74) is 1.85. The molecule has 6 heteroatoms. The van der Waals surface area contributed by atoms with Crippen molar-refractivity contribution in [3.63, 3.8) is 0 Å². The summed E-state index contributed by atoms with van der Waals surface area (Å²) < 4.78 is 7.44. The number of nitrogens with zero attached hydrogens (tertiary/aromatic N) is 3. The van der Waals surface area contributed by atoms with Crippen molar-refractivity contribution in [1.82, 2.24) is 14.5 Å². The molecule has 2 aromatic heterocycles. The van der Waals surface area contributed by atoms with Gasteiger partial charge in [0.2, 0.25) is 0 Å². The summed E-state index contributed by atoms with van der Waals surface area (Å²) in [5.74, 6) is -0.311. The lowest BCUT2D eigenvalue weighted by molar-refractivity contribution is -0.148. The first-order valence-electron chi connectivity index (χ1n) is 7.16. The van der Waals surface area contributed by atoms with Crippen LogP contribution in [0.25, 0.3) is 11.0 Å². The number of fused-ring (bicyclic) bond motifs is 1. The van der Waals surface area contributed by atoms with E-state index in [1.165, 1.54) is 6.92 Å². The Morgan fingerprint density at radius 2 is 2.29 bits per heavy atom.